The van der Waals surface area contributed by atoms with Crippen LogP contribution in [0.3, 0.4) is 0 Å². The molecule has 1 heterocycles. The minimum atomic E-state index is -0.681. The van der Waals surface area contributed by atoms with Gasteiger partial charge in [-0.25, -0.2) is 8.78 Å². The fourth-order valence-corrected chi connectivity index (χ4v) is 3.63. The highest BCUT2D eigenvalue weighted by molar-refractivity contribution is 5.98. The van der Waals surface area contributed by atoms with Gasteiger partial charge in [0.15, 0.2) is 0 Å². The first-order chi connectivity index (χ1) is 17.5. The number of halogens is 2. The first kappa shape index (κ1) is 31.9. The Kier molecular flexibility index (Phi) is 13.7. The summed E-state index contributed by atoms with van der Waals surface area (Å²) in [5.41, 5.74) is 3.89. The summed E-state index contributed by atoms with van der Waals surface area (Å²) < 4.78 is 29.0. The van der Waals surface area contributed by atoms with Crippen LogP contribution in [0.4, 0.5) is 8.78 Å². The molecule has 37 heavy (non-hydrogen) atoms. The second kappa shape index (κ2) is 15.9. The molecule has 1 aromatic rings. The zero-order valence-corrected chi connectivity index (χ0v) is 23.6. The Morgan fingerprint density at radius 1 is 1.24 bits per heavy atom. The molecule has 0 aliphatic heterocycles. The highest BCUT2D eigenvalue weighted by atomic mass is 19.1. The van der Waals surface area contributed by atoms with Gasteiger partial charge in [0.25, 0.3) is 0 Å². The van der Waals surface area contributed by atoms with Crippen molar-refractivity contribution in [3.05, 3.63) is 64.6 Å². The summed E-state index contributed by atoms with van der Waals surface area (Å²) in [5, 5.41) is 10.4. The number of aryl methyl sites for hydroxylation is 1. The minimum absolute atomic E-state index is 0.000168. The van der Waals surface area contributed by atoms with Gasteiger partial charge in [0.05, 0.1) is 5.69 Å². The van der Waals surface area contributed by atoms with Crippen molar-refractivity contribution in [2.24, 2.45) is 4.99 Å². The lowest BCUT2D eigenvalue weighted by Gasteiger charge is -2.30. The SMILES string of the molecule is C=C/C(F)=C(CN(C[C@@H](C)NC(=O)/C(C)=C/c1c(/C(C)=C/C=NCC)n[nH]c1C)C(C)C)\C(F)=C/CC. The largest absolute Gasteiger partial charge is 0.349 e. The third-order valence-corrected chi connectivity index (χ3v) is 5.82. The highest BCUT2D eigenvalue weighted by Crippen LogP contribution is 2.23. The maximum atomic E-state index is 14.6. The number of carbonyl (C=O) groups is 1. The van der Waals surface area contributed by atoms with E-state index in [4.69, 9.17) is 0 Å². The highest BCUT2D eigenvalue weighted by Gasteiger charge is 2.21. The Morgan fingerprint density at radius 2 is 1.92 bits per heavy atom. The smallest absolute Gasteiger partial charge is 0.247 e. The first-order valence-corrected chi connectivity index (χ1v) is 12.8. The molecule has 0 unspecified atom stereocenters. The van der Waals surface area contributed by atoms with Crippen LogP contribution in [0.1, 0.15) is 71.8 Å². The third kappa shape index (κ3) is 10.0. The molecule has 6 nitrogen and oxygen atoms in total. The summed E-state index contributed by atoms with van der Waals surface area (Å²) in [6.07, 6.45) is 8.30. The van der Waals surface area contributed by atoms with Gasteiger partial charge < -0.3 is 5.32 Å². The minimum Gasteiger partial charge on any atom is -0.349 e. The molecule has 0 fully saturated rings. The molecule has 0 aliphatic rings. The monoisotopic (exact) mass is 515 g/mol. The van der Waals surface area contributed by atoms with E-state index in [-0.39, 0.29) is 30.1 Å². The number of rotatable bonds is 14. The van der Waals surface area contributed by atoms with E-state index in [2.05, 4.69) is 27.1 Å². The number of carbonyl (C=O) groups excluding carboxylic acids is 1. The van der Waals surface area contributed by atoms with Crippen molar-refractivity contribution in [3.63, 3.8) is 0 Å². The van der Waals surface area contributed by atoms with Crippen molar-refractivity contribution in [1.29, 1.82) is 0 Å². The second-order valence-electron chi connectivity index (χ2n) is 9.32. The lowest BCUT2D eigenvalue weighted by atomic mass is 10.0. The summed E-state index contributed by atoms with van der Waals surface area (Å²) in [5.74, 6) is -1.49. The van der Waals surface area contributed by atoms with Gasteiger partial charge >= 0.3 is 0 Å². The Hall–Kier alpha value is -3.13. The quantitative estimate of drug-likeness (QED) is 0.169. The molecule has 1 rings (SSSR count). The predicted molar refractivity (Wildman–Crippen MR) is 152 cm³/mol. The molecule has 8 heteroatoms. The average molecular weight is 516 g/mol. The maximum absolute atomic E-state index is 14.6. The van der Waals surface area contributed by atoms with E-state index in [9.17, 15) is 13.6 Å². The van der Waals surface area contributed by atoms with Crippen molar-refractivity contribution in [1.82, 2.24) is 20.4 Å². The van der Waals surface area contributed by atoms with Crippen LogP contribution >= 0.6 is 0 Å². The fourth-order valence-electron chi connectivity index (χ4n) is 3.63. The Morgan fingerprint density at radius 3 is 2.49 bits per heavy atom. The zero-order chi connectivity index (χ0) is 28.1. The van der Waals surface area contributed by atoms with Crippen LogP contribution in [-0.4, -0.2) is 58.9 Å². The molecule has 1 aromatic heterocycles. The number of nitrogens with one attached hydrogen (secondary N) is 2. The molecule has 1 amide bonds. The topological polar surface area (TPSA) is 73.4 Å². The van der Waals surface area contributed by atoms with Crippen molar-refractivity contribution in [3.8, 4) is 0 Å². The summed E-state index contributed by atoms with van der Waals surface area (Å²) in [6, 6.07) is -0.263. The molecular formula is C29H43F2N5O. The first-order valence-electron chi connectivity index (χ1n) is 12.8. The van der Waals surface area contributed by atoms with Crippen LogP contribution in [0.25, 0.3) is 11.6 Å². The average Bonchev–Trinajstić information content (AvgIpc) is 3.20. The van der Waals surface area contributed by atoms with E-state index in [0.29, 0.717) is 25.1 Å². The number of aliphatic imine (C=N–C) groups is 1. The van der Waals surface area contributed by atoms with Crippen LogP contribution in [0.15, 0.2) is 52.6 Å². The lowest BCUT2D eigenvalue weighted by Crippen LogP contribution is -2.45. The number of aromatic amines is 1. The van der Waals surface area contributed by atoms with E-state index < -0.39 is 11.7 Å². The predicted octanol–water partition coefficient (Wildman–Crippen LogP) is 6.50. The van der Waals surface area contributed by atoms with Gasteiger partial charge in [-0.15, -0.1) is 0 Å². The molecule has 0 saturated carbocycles. The van der Waals surface area contributed by atoms with E-state index >= 15 is 0 Å². The van der Waals surface area contributed by atoms with Gasteiger partial charge in [-0.2, -0.15) is 5.10 Å². The molecule has 0 bridgehead atoms. The number of allylic oxidation sites excluding steroid dienone is 5. The Labute approximate surface area is 221 Å². The molecule has 204 valence electrons. The molecule has 0 radical (unpaired) electrons. The lowest BCUT2D eigenvalue weighted by molar-refractivity contribution is -0.118. The summed E-state index contributed by atoms with van der Waals surface area (Å²) >= 11 is 0. The van der Waals surface area contributed by atoms with Crippen LogP contribution in [0.2, 0.25) is 0 Å². The van der Waals surface area contributed by atoms with E-state index in [1.807, 2.05) is 58.6 Å². The fraction of sp³-hybridized carbons (Fsp3) is 0.483. The number of H-pyrrole nitrogens is 1. The van der Waals surface area contributed by atoms with Crippen molar-refractivity contribution in [2.45, 2.75) is 73.9 Å². The molecular weight excluding hydrogens is 472 g/mol. The summed E-state index contributed by atoms with van der Waals surface area (Å²) in [4.78, 5) is 19.1. The molecule has 1 atom stereocenters. The van der Waals surface area contributed by atoms with Crippen molar-refractivity contribution < 1.29 is 13.6 Å². The van der Waals surface area contributed by atoms with Crippen LogP contribution in [-0.2, 0) is 4.79 Å². The van der Waals surface area contributed by atoms with Gasteiger partial charge in [0, 0.05) is 60.3 Å². The van der Waals surface area contributed by atoms with Gasteiger partial charge in [-0.3, -0.25) is 19.8 Å². The summed E-state index contributed by atoms with van der Waals surface area (Å²) in [6.45, 7) is 19.8. The van der Waals surface area contributed by atoms with E-state index in [1.54, 1.807) is 20.1 Å². The molecule has 0 aromatic carbocycles. The van der Waals surface area contributed by atoms with Crippen molar-refractivity contribution >= 4 is 23.8 Å². The van der Waals surface area contributed by atoms with Crippen LogP contribution < -0.4 is 5.32 Å². The Balaban J connectivity index is 3.05. The third-order valence-electron chi connectivity index (χ3n) is 5.82. The van der Waals surface area contributed by atoms with E-state index in [1.165, 1.54) is 6.08 Å². The van der Waals surface area contributed by atoms with E-state index in [0.717, 1.165) is 28.6 Å². The summed E-state index contributed by atoms with van der Waals surface area (Å²) in [7, 11) is 0. The van der Waals surface area contributed by atoms with Gasteiger partial charge in [0.1, 0.15) is 11.7 Å². The van der Waals surface area contributed by atoms with Crippen molar-refractivity contribution in [2.75, 3.05) is 19.6 Å². The van der Waals surface area contributed by atoms with Gasteiger partial charge in [-0.1, -0.05) is 13.5 Å². The van der Waals surface area contributed by atoms with Gasteiger partial charge in [0.2, 0.25) is 5.91 Å². The van der Waals surface area contributed by atoms with Crippen LogP contribution in [0, 0.1) is 6.92 Å². The molecule has 0 aliphatic carbocycles. The number of hydrogen-bond acceptors (Lipinski definition) is 4. The normalized spacial score (nSPS) is 15.0. The molecule has 2 N–H and O–H groups in total. The number of nitrogens with zero attached hydrogens (tertiary/aromatic N) is 3. The van der Waals surface area contributed by atoms with Crippen LogP contribution in [0.5, 0.6) is 0 Å². The molecule has 0 spiro atoms. The van der Waals surface area contributed by atoms with Gasteiger partial charge in [-0.05, 0) is 84.8 Å². The molecule has 0 saturated heterocycles. The standard InChI is InChI=1S/C29H43F2N5O/c1-10-13-27(31)25(26(30)11-2)18-36(19(4)5)17-22(8)33-29(37)21(7)16-24-23(9)34-35-28(24)20(6)14-15-32-12-3/h11,13-16,19,22H,2,10,12,17-18H2,1,3-9H3,(H,33,37)(H,34,35)/b20-14+,21-16+,26-25+,27-13+,32-15?/t22-/m1/s1. The zero-order valence-electron chi connectivity index (χ0n) is 23.6. The second-order valence-corrected chi connectivity index (χ2v) is 9.32. The number of amides is 1. The number of aromatic nitrogens is 2. The number of hydrogen-bond donors (Lipinski definition) is 2. The maximum Gasteiger partial charge on any atom is 0.247 e. The Bertz CT molecular complexity index is 1080.